The Hall–Kier alpha value is -2.34. The molecule has 2 aromatic carbocycles. The number of hydrogen-bond acceptors (Lipinski definition) is 5. The van der Waals surface area contributed by atoms with E-state index < -0.39 is 20.0 Å². The van der Waals surface area contributed by atoms with Gasteiger partial charge in [-0.3, -0.25) is 13.9 Å². The Kier molecular flexibility index (Phi) is 6.25. The topological polar surface area (TPSA) is 110 Å². The van der Waals surface area contributed by atoms with E-state index in [0.29, 0.717) is 11.0 Å². The van der Waals surface area contributed by atoms with Crippen LogP contribution in [0.5, 0.6) is 0 Å². The van der Waals surface area contributed by atoms with Gasteiger partial charge in [-0.1, -0.05) is 25.4 Å². The summed E-state index contributed by atoms with van der Waals surface area (Å²) in [5, 5.41) is -0.00412. The number of halogens is 1. The van der Waals surface area contributed by atoms with E-state index in [1.165, 1.54) is 43.8 Å². The summed E-state index contributed by atoms with van der Waals surface area (Å²) in [5.74, 6) is 0. The van der Waals surface area contributed by atoms with Crippen molar-refractivity contribution in [1.82, 2.24) is 13.4 Å². The maximum atomic E-state index is 12.9. The van der Waals surface area contributed by atoms with Crippen LogP contribution in [0.25, 0.3) is 11.0 Å². The molecule has 0 atom stereocenters. The van der Waals surface area contributed by atoms with Gasteiger partial charge in [0, 0.05) is 27.2 Å². The van der Waals surface area contributed by atoms with Crippen molar-refractivity contribution in [1.29, 1.82) is 0 Å². The summed E-state index contributed by atoms with van der Waals surface area (Å²) in [5.41, 5.74) is 0.820. The van der Waals surface area contributed by atoms with E-state index in [-0.39, 0.29) is 39.3 Å². The fourth-order valence-corrected chi connectivity index (χ4v) is 6.36. The summed E-state index contributed by atoms with van der Waals surface area (Å²) in [4.78, 5) is 11.8. The normalized spacial score (nSPS) is 12.6. The van der Waals surface area contributed by atoms with Gasteiger partial charge < -0.3 is 0 Å². The molecular weight excluding hydrogens is 464 g/mol. The monoisotopic (exact) mass is 486 g/mol. The quantitative estimate of drug-likeness (QED) is 0.551. The van der Waals surface area contributed by atoms with E-state index in [9.17, 15) is 21.6 Å². The molecule has 168 valence electrons. The third-order valence-corrected chi connectivity index (χ3v) is 8.97. The molecule has 1 N–H and O–H groups in total. The number of sulfonamides is 2. The van der Waals surface area contributed by atoms with Crippen LogP contribution in [-0.4, -0.2) is 43.4 Å². The Bertz CT molecular complexity index is 1420. The molecule has 1 heterocycles. The number of benzene rings is 2. The smallest absolute Gasteiger partial charge is 0.295 e. The van der Waals surface area contributed by atoms with Gasteiger partial charge >= 0.3 is 5.69 Å². The van der Waals surface area contributed by atoms with Crippen molar-refractivity contribution in [2.45, 2.75) is 23.6 Å². The highest BCUT2D eigenvalue weighted by Crippen LogP contribution is 2.29. The first kappa shape index (κ1) is 23.3. The lowest BCUT2D eigenvalue weighted by atomic mass is 10.3. The molecule has 0 spiro atoms. The first-order valence-corrected chi connectivity index (χ1v) is 12.7. The van der Waals surface area contributed by atoms with Crippen LogP contribution in [0.15, 0.2) is 51.0 Å². The molecule has 0 unspecified atom stereocenters. The molecule has 0 aliphatic carbocycles. The van der Waals surface area contributed by atoms with Crippen molar-refractivity contribution < 1.29 is 16.8 Å². The lowest BCUT2D eigenvalue weighted by molar-refractivity contribution is 0.445. The Labute approximate surface area is 186 Å². The van der Waals surface area contributed by atoms with Crippen LogP contribution < -0.4 is 10.4 Å². The zero-order valence-electron chi connectivity index (χ0n) is 17.5. The molecule has 0 saturated heterocycles. The van der Waals surface area contributed by atoms with Crippen molar-refractivity contribution in [3.63, 3.8) is 0 Å². The second kappa shape index (κ2) is 8.30. The number of nitrogens with zero attached hydrogens (tertiary/aromatic N) is 3. The molecule has 31 heavy (non-hydrogen) atoms. The summed E-state index contributed by atoms with van der Waals surface area (Å²) in [6.45, 7) is 3.91. The van der Waals surface area contributed by atoms with Crippen molar-refractivity contribution >= 4 is 48.4 Å². The molecule has 0 aliphatic heterocycles. The second-order valence-corrected chi connectivity index (χ2v) is 10.9. The molecule has 0 aliphatic rings. The van der Waals surface area contributed by atoms with E-state index >= 15 is 0 Å². The van der Waals surface area contributed by atoms with Gasteiger partial charge in [0.15, 0.2) is 0 Å². The Morgan fingerprint density at radius 3 is 2.16 bits per heavy atom. The SMILES string of the molecule is CCN(CC)S(=O)(=O)c1cc(NS(=O)(=O)c2ccc3c(c2)n(C)c(=O)n3C)ccc1Cl. The molecule has 3 rings (SSSR count). The van der Waals surface area contributed by atoms with Gasteiger partial charge in [-0.25, -0.2) is 21.6 Å². The second-order valence-electron chi connectivity index (χ2n) is 6.89. The third kappa shape index (κ3) is 4.10. The van der Waals surface area contributed by atoms with E-state index in [2.05, 4.69) is 4.72 Å². The minimum atomic E-state index is -4.06. The predicted molar refractivity (Wildman–Crippen MR) is 121 cm³/mol. The van der Waals surface area contributed by atoms with Gasteiger partial charge in [0.05, 0.1) is 26.6 Å². The van der Waals surface area contributed by atoms with Gasteiger partial charge in [0.2, 0.25) is 10.0 Å². The van der Waals surface area contributed by atoms with Crippen molar-refractivity contribution in [3.05, 3.63) is 51.9 Å². The summed E-state index contributed by atoms with van der Waals surface area (Å²) >= 11 is 6.11. The lowest BCUT2D eigenvalue weighted by Gasteiger charge is -2.20. The number of anilines is 1. The zero-order chi connectivity index (χ0) is 23.1. The number of rotatable bonds is 7. The average Bonchev–Trinajstić information content (AvgIpc) is 2.93. The lowest BCUT2D eigenvalue weighted by Crippen LogP contribution is -2.30. The molecule has 1 aromatic heterocycles. The zero-order valence-corrected chi connectivity index (χ0v) is 19.8. The maximum Gasteiger partial charge on any atom is 0.328 e. The number of hydrogen-bond donors (Lipinski definition) is 1. The van der Waals surface area contributed by atoms with Crippen molar-refractivity contribution in [3.8, 4) is 0 Å². The first-order valence-electron chi connectivity index (χ1n) is 9.42. The Morgan fingerprint density at radius 2 is 1.55 bits per heavy atom. The van der Waals surface area contributed by atoms with Gasteiger partial charge in [0.1, 0.15) is 4.90 Å². The molecule has 0 bridgehead atoms. The molecule has 0 fully saturated rings. The molecular formula is C19H23ClN4O5S2. The van der Waals surface area contributed by atoms with Gasteiger partial charge in [-0.05, 0) is 36.4 Å². The van der Waals surface area contributed by atoms with Gasteiger partial charge in [-0.15, -0.1) is 0 Å². The minimum absolute atomic E-state index is 0.00412. The van der Waals surface area contributed by atoms with Crippen LogP contribution >= 0.6 is 11.6 Å². The van der Waals surface area contributed by atoms with Crippen molar-refractivity contribution in [2.24, 2.45) is 14.1 Å². The number of aromatic nitrogens is 2. The molecule has 0 saturated carbocycles. The van der Waals surface area contributed by atoms with Crippen LogP contribution in [-0.2, 0) is 34.1 Å². The highest BCUT2D eigenvalue weighted by molar-refractivity contribution is 7.92. The molecule has 0 amide bonds. The van der Waals surface area contributed by atoms with Gasteiger partial charge in [-0.2, -0.15) is 4.31 Å². The van der Waals surface area contributed by atoms with E-state index in [1.807, 2.05) is 0 Å². The first-order chi connectivity index (χ1) is 14.4. The fourth-order valence-electron chi connectivity index (χ4n) is 3.33. The Balaban J connectivity index is 2.04. The summed E-state index contributed by atoms with van der Waals surface area (Å²) in [6.07, 6.45) is 0. The van der Waals surface area contributed by atoms with Crippen LogP contribution in [0, 0.1) is 0 Å². The number of imidazole rings is 1. The molecule has 9 nitrogen and oxygen atoms in total. The standard InChI is InChI=1S/C19H23ClN4O5S2/c1-5-24(6-2)31(28,29)18-11-13(7-9-15(18)20)21-30(26,27)14-8-10-16-17(12-14)23(4)19(25)22(16)3/h7-12,21H,5-6H2,1-4H3. The van der Waals surface area contributed by atoms with Gasteiger partial charge in [0.25, 0.3) is 10.0 Å². The van der Waals surface area contributed by atoms with Crippen LogP contribution in [0.1, 0.15) is 13.8 Å². The highest BCUT2D eigenvalue weighted by atomic mass is 35.5. The largest absolute Gasteiger partial charge is 0.328 e. The number of nitrogens with one attached hydrogen (secondary N) is 1. The Morgan fingerprint density at radius 1 is 0.935 bits per heavy atom. The van der Waals surface area contributed by atoms with Crippen molar-refractivity contribution in [2.75, 3.05) is 17.8 Å². The summed E-state index contributed by atoms with van der Waals surface area (Å²) in [6, 6.07) is 8.24. The average molecular weight is 487 g/mol. The van der Waals surface area contributed by atoms with E-state index in [0.717, 1.165) is 0 Å². The molecule has 0 radical (unpaired) electrons. The summed E-state index contributed by atoms with van der Waals surface area (Å²) < 4.78 is 58.0. The van der Waals surface area contributed by atoms with Crippen LogP contribution in [0.2, 0.25) is 5.02 Å². The van der Waals surface area contributed by atoms with Crippen LogP contribution in [0.3, 0.4) is 0 Å². The minimum Gasteiger partial charge on any atom is -0.295 e. The number of aryl methyl sites for hydroxylation is 2. The fraction of sp³-hybridized carbons (Fsp3) is 0.316. The van der Waals surface area contributed by atoms with E-state index in [1.54, 1.807) is 34.0 Å². The summed E-state index contributed by atoms with van der Waals surface area (Å²) in [7, 11) is -4.79. The maximum absolute atomic E-state index is 12.9. The third-order valence-electron chi connectivity index (χ3n) is 5.06. The van der Waals surface area contributed by atoms with E-state index in [4.69, 9.17) is 11.6 Å². The predicted octanol–water partition coefficient (Wildman–Crippen LogP) is 2.36. The molecule has 3 aromatic rings. The molecule has 12 heteroatoms. The van der Waals surface area contributed by atoms with Crippen LogP contribution in [0.4, 0.5) is 5.69 Å². The highest BCUT2D eigenvalue weighted by Gasteiger charge is 2.26. The number of fused-ring (bicyclic) bond motifs is 1.